The SMILES string of the molecule is CC1(C)CCCC2(C)C3=C(CC4(C(C)(C)O)OC4C3=O)C(=O)CC12. The van der Waals surface area contributed by atoms with Crippen molar-refractivity contribution in [3.8, 4) is 0 Å². The van der Waals surface area contributed by atoms with Gasteiger partial charge in [0.15, 0.2) is 17.7 Å². The van der Waals surface area contributed by atoms with Gasteiger partial charge in [-0.2, -0.15) is 0 Å². The van der Waals surface area contributed by atoms with Crippen molar-refractivity contribution in [2.75, 3.05) is 0 Å². The number of fused-ring (bicyclic) bond motifs is 3. The summed E-state index contributed by atoms with van der Waals surface area (Å²) < 4.78 is 5.77. The highest BCUT2D eigenvalue weighted by atomic mass is 16.6. The summed E-state index contributed by atoms with van der Waals surface area (Å²) in [5.74, 6) is 0.257. The molecule has 1 saturated heterocycles. The molecule has 24 heavy (non-hydrogen) atoms. The summed E-state index contributed by atoms with van der Waals surface area (Å²) in [6.07, 6.45) is 3.46. The third-order valence-corrected chi connectivity index (χ3v) is 7.48. The van der Waals surface area contributed by atoms with E-state index in [1.807, 2.05) is 0 Å². The van der Waals surface area contributed by atoms with Crippen molar-refractivity contribution in [2.45, 2.75) is 84.0 Å². The van der Waals surface area contributed by atoms with E-state index in [-0.39, 0.29) is 28.3 Å². The standard InChI is InChI=1S/C20H28O4/c1-17(2)7-6-8-19(5)13(17)9-12(21)11-10-20(18(3,4)23)16(24-20)15(22)14(11)19/h13,16,23H,6-10H2,1-5H3. The Kier molecular flexibility index (Phi) is 3.01. The Balaban J connectivity index is 1.85. The van der Waals surface area contributed by atoms with Gasteiger partial charge in [-0.3, -0.25) is 9.59 Å². The highest BCUT2D eigenvalue weighted by Crippen LogP contribution is 2.64. The van der Waals surface area contributed by atoms with Gasteiger partial charge < -0.3 is 9.84 Å². The molecule has 0 radical (unpaired) electrons. The Morgan fingerprint density at radius 2 is 1.83 bits per heavy atom. The van der Waals surface area contributed by atoms with Crippen molar-refractivity contribution in [1.82, 2.24) is 0 Å². The predicted octanol–water partition coefficient (Wildman–Crippen LogP) is 2.97. The Morgan fingerprint density at radius 1 is 1.17 bits per heavy atom. The van der Waals surface area contributed by atoms with Gasteiger partial charge in [-0.05, 0) is 38.0 Å². The Hall–Kier alpha value is -1.00. The molecule has 1 saturated carbocycles. The maximum Gasteiger partial charge on any atom is 0.191 e. The Labute approximate surface area is 143 Å². The highest BCUT2D eigenvalue weighted by Gasteiger charge is 2.73. The van der Waals surface area contributed by atoms with Crippen LogP contribution < -0.4 is 0 Å². The molecule has 4 unspecified atom stereocenters. The Bertz CT molecular complexity index is 680. The number of epoxide rings is 1. The van der Waals surface area contributed by atoms with E-state index >= 15 is 0 Å². The molecule has 0 amide bonds. The molecular weight excluding hydrogens is 304 g/mol. The molecular formula is C20H28O4. The number of carbonyl (C=O) groups excluding carboxylic acids is 2. The van der Waals surface area contributed by atoms with Gasteiger partial charge in [0.1, 0.15) is 5.60 Å². The second-order valence-electron chi connectivity index (χ2n) is 9.78. The molecule has 4 heteroatoms. The van der Waals surface area contributed by atoms with Crippen molar-refractivity contribution >= 4 is 11.6 Å². The van der Waals surface area contributed by atoms with Crippen molar-refractivity contribution in [3.05, 3.63) is 11.1 Å². The molecule has 4 rings (SSSR count). The van der Waals surface area contributed by atoms with E-state index in [0.29, 0.717) is 18.4 Å². The molecule has 1 heterocycles. The monoisotopic (exact) mass is 332 g/mol. The third-order valence-electron chi connectivity index (χ3n) is 7.48. The van der Waals surface area contributed by atoms with Crippen LogP contribution >= 0.6 is 0 Å². The van der Waals surface area contributed by atoms with E-state index in [0.717, 1.165) is 24.8 Å². The van der Waals surface area contributed by atoms with Gasteiger partial charge in [0.2, 0.25) is 0 Å². The lowest BCUT2D eigenvalue weighted by Crippen LogP contribution is -2.54. The molecule has 1 N–H and O–H groups in total. The molecule has 4 nitrogen and oxygen atoms in total. The number of aliphatic hydroxyl groups is 1. The minimum absolute atomic E-state index is 0.0448. The van der Waals surface area contributed by atoms with Crippen LogP contribution in [0.15, 0.2) is 11.1 Å². The molecule has 0 aromatic carbocycles. The molecule has 3 aliphatic carbocycles. The normalized spacial score (nSPS) is 43.9. The van der Waals surface area contributed by atoms with Crippen molar-refractivity contribution in [2.24, 2.45) is 16.7 Å². The average Bonchev–Trinajstić information content (AvgIpc) is 3.17. The second kappa shape index (κ2) is 4.39. The van der Waals surface area contributed by atoms with Gasteiger partial charge in [0.05, 0.1) is 5.60 Å². The molecule has 1 aliphatic heterocycles. The summed E-state index contributed by atoms with van der Waals surface area (Å²) in [4.78, 5) is 26.2. The third kappa shape index (κ3) is 1.82. The van der Waals surface area contributed by atoms with Crippen LogP contribution in [-0.2, 0) is 14.3 Å². The zero-order valence-electron chi connectivity index (χ0n) is 15.4. The number of Topliss-reactive ketones (excluding diaryl/α,β-unsaturated/α-hetero) is 2. The zero-order valence-corrected chi connectivity index (χ0v) is 15.4. The van der Waals surface area contributed by atoms with Gasteiger partial charge in [0.25, 0.3) is 0 Å². The van der Waals surface area contributed by atoms with E-state index in [1.54, 1.807) is 13.8 Å². The van der Waals surface area contributed by atoms with Crippen LogP contribution in [0.5, 0.6) is 0 Å². The van der Waals surface area contributed by atoms with Crippen molar-refractivity contribution < 1.29 is 19.4 Å². The van der Waals surface area contributed by atoms with Crippen LogP contribution in [0.25, 0.3) is 0 Å². The molecule has 0 spiro atoms. The first-order chi connectivity index (χ1) is 10.9. The minimum Gasteiger partial charge on any atom is -0.387 e. The first kappa shape index (κ1) is 16.5. The molecule has 2 fully saturated rings. The van der Waals surface area contributed by atoms with Gasteiger partial charge in [0, 0.05) is 29.4 Å². The number of ketones is 2. The summed E-state index contributed by atoms with van der Waals surface area (Å²) in [5.41, 5.74) is -0.816. The highest BCUT2D eigenvalue weighted by molar-refractivity contribution is 6.13. The molecule has 4 atom stereocenters. The molecule has 0 aromatic heterocycles. The molecule has 4 aliphatic rings. The van der Waals surface area contributed by atoms with Crippen LogP contribution in [0.4, 0.5) is 0 Å². The fourth-order valence-electron chi connectivity index (χ4n) is 5.98. The fraction of sp³-hybridized carbons (Fsp3) is 0.800. The molecule has 0 aromatic rings. The number of carbonyl (C=O) groups is 2. The quantitative estimate of drug-likeness (QED) is 0.750. The first-order valence-electron chi connectivity index (χ1n) is 9.15. The van der Waals surface area contributed by atoms with E-state index < -0.39 is 17.3 Å². The zero-order chi connectivity index (χ0) is 17.7. The average molecular weight is 332 g/mol. The predicted molar refractivity (Wildman–Crippen MR) is 89.4 cm³/mol. The van der Waals surface area contributed by atoms with Gasteiger partial charge in [-0.15, -0.1) is 0 Å². The van der Waals surface area contributed by atoms with E-state index in [2.05, 4.69) is 20.8 Å². The number of ether oxygens (including phenoxy) is 1. The van der Waals surface area contributed by atoms with Crippen LogP contribution in [0.3, 0.4) is 0 Å². The lowest BCUT2D eigenvalue weighted by molar-refractivity contribution is -0.128. The summed E-state index contributed by atoms with van der Waals surface area (Å²) >= 11 is 0. The van der Waals surface area contributed by atoms with Gasteiger partial charge in [-0.1, -0.05) is 27.2 Å². The van der Waals surface area contributed by atoms with Gasteiger partial charge >= 0.3 is 0 Å². The summed E-state index contributed by atoms with van der Waals surface area (Å²) in [6, 6.07) is 0. The molecule has 0 bridgehead atoms. The lowest BCUT2D eigenvalue weighted by Gasteiger charge is -2.55. The number of hydrogen-bond donors (Lipinski definition) is 1. The maximum absolute atomic E-state index is 13.2. The van der Waals surface area contributed by atoms with Crippen LogP contribution in [0.2, 0.25) is 0 Å². The summed E-state index contributed by atoms with van der Waals surface area (Å²) in [6.45, 7) is 9.99. The topological polar surface area (TPSA) is 66.9 Å². The minimum atomic E-state index is -1.13. The van der Waals surface area contributed by atoms with E-state index in [9.17, 15) is 14.7 Å². The molecule has 132 valence electrons. The Morgan fingerprint density at radius 3 is 2.46 bits per heavy atom. The summed E-state index contributed by atoms with van der Waals surface area (Å²) in [7, 11) is 0. The maximum atomic E-state index is 13.2. The number of hydrogen-bond acceptors (Lipinski definition) is 4. The lowest BCUT2D eigenvalue weighted by atomic mass is 9.48. The fourth-order valence-corrected chi connectivity index (χ4v) is 5.98. The van der Waals surface area contributed by atoms with E-state index in [4.69, 9.17) is 4.74 Å². The second-order valence-corrected chi connectivity index (χ2v) is 9.78. The van der Waals surface area contributed by atoms with Gasteiger partial charge in [-0.25, -0.2) is 0 Å². The number of rotatable bonds is 1. The summed E-state index contributed by atoms with van der Waals surface area (Å²) in [5, 5.41) is 10.5. The first-order valence-corrected chi connectivity index (χ1v) is 9.15. The van der Waals surface area contributed by atoms with Crippen molar-refractivity contribution in [3.63, 3.8) is 0 Å². The smallest absolute Gasteiger partial charge is 0.191 e. The van der Waals surface area contributed by atoms with Crippen LogP contribution in [-0.4, -0.2) is 34.0 Å². The van der Waals surface area contributed by atoms with Crippen LogP contribution in [0.1, 0.15) is 66.7 Å². The van der Waals surface area contributed by atoms with Crippen molar-refractivity contribution in [1.29, 1.82) is 0 Å². The van der Waals surface area contributed by atoms with E-state index in [1.165, 1.54) is 0 Å². The van der Waals surface area contributed by atoms with Crippen LogP contribution in [0, 0.1) is 16.7 Å². The largest absolute Gasteiger partial charge is 0.387 e.